The standard InChI is InChI=1S/C12H9NO4S2/c14-8-3-1-2-7(4-8)5-9-11(17)13(6-10(15)16)12(18)19-9/h1-5,14H,6H2,(H,15,16)/b9-5+. The number of rotatable bonds is 3. The van der Waals surface area contributed by atoms with E-state index >= 15 is 0 Å². The molecule has 1 heterocycles. The van der Waals surface area contributed by atoms with Crippen LogP contribution in [-0.4, -0.2) is 37.9 Å². The summed E-state index contributed by atoms with van der Waals surface area (Å²) in [5, 5.41) is 18.0. The first-order valence-corrected chi connectivity index (χ1v) is 6.46. The summed E-state index contributed by atoms with van der Waals surface area (Å²) in [7, 11) is 0. The van der Waals surface area contributed by atoms with E-state index in [0.717, 1.165) is 16.7 Å². The number of carboxylic acids is 1. The first-order valence-electron chi connectivity index (χ1n) is 5.23. The Bertz CT molecular complexity index is 597. The molecule has 0 aromatic heterocycles. The average Bonchev–Trinajstić information content (AvgIpc) is 2.57. The van der Waals surface area contributed by atoms with Gasteiger partial charge in [-0.15, -0.1) is 0 Å². The Morgan fingerprint density at radius 3 is 2.84 bits per heavy atom. The highest BCUT2D eigenvalue weighted by Gasteiger charge is 2.33. The highest BCUT2D eigenvalue weighted by Crippen LogP contribution is 2.32. The average molecular weight is 295 g/mol. The molecule has 1 aliphatic heterocycles. The number of aliphatic carboxylic acids is 1. The summed E-state index contributed by atoms with van der Waals surface area (Å²) in [4.78, 5) is 24.0. The summed E-state index contributed by atoms with van der Waals surface area (Å²) in [6.07, 6.45) is 1.57. The van der Waals surface area contributed by atoms with Gasteiger partial charge in [0.1, 0.15) is 16.6 Å². The van der Waals surface area contributed by atoms with E-state index in [2.05, 4.69) is 0 Å². The van der Waals surface area contributed by atoms with Crippen LogP contribution in [0.5, 0.6) is 5.75 Å². The quantitative estimate of drug-likeness (QED) is 0.652. The van der Waals surface area contributed by atoms with Gasteiger partial charge in [0.25, 0.3) is 5.91 Å². The number of carbonyl (C=O) groups excluding carboxylic acids is 1. The number of hydrogen-bond acceptors (Lipinski definition) is 5. The monoisotopic (exact) mass is 295 g/mol. The third-order valence-corrected chi connectivity index (χ3v) is 3.71. The van der Waals surface area contributed by atoms with Crippen LogP contribution in [0.25, 0.3) is 6.08 Å². The molecule has 2 rings (SSSR count). The third-order valence-electron chi connectivity index (χ3n) is 2.33. The zero-order valence-electron chi connectivity index (χ0n) is 9.57. The largest absolute Gasteiger partial charge is 0.508 e. The zero-order valence-corrected chi connectivity index (χ0v) is 11.2. The summed E-state index contributed by atoms with van der Waals surface area (Å²) in [5.74, 6) is -1.45. The van der Waals surface area contributed by atoms with Gasteiger partial charge in [0, 0.05) is 0 Å². The van der Waals surface area contributed by atoms with Gasteiger partial charge in [-0.2, -0.15) is 0 Å². The minimum atomic E-state index is -1.12. The lowest BCUT2D eigenvalue weighted by molar-refractivity contribution is -0.140. The number of thioether (sulfide) groups is 1. The van der Waals surface area contributed by atoms with Crippen LogP contribution < -0.4 is 0 Å². The first kappa shape index (κ1) is 13.6. The van der Waals surface area contributed by atoms with Crippen molar-refractivity contribution < 1.29 is 19.8 Å². The molecule has 1 aliphatic rings. The van der Waals surface area contributed by atoms with Crippen molar-refractivity contribution in [1.82, 2.24) is 4.90 Å². The Morgan fingerprint density at radius 2 is 2.21 bits per heavy atom. The van der Waals surface area contributed by atoms with Crippen LogP contribution in [0.2, 0.25) is 0 Å². The first-order chi connectivity index (χ1) is 8.97. The van der Waals surface area contributed by atoms with Crippen molar-refractivity contribution in [3.63, 3.8) is 0 Å². The summed E-state index contributed by atoms with van der Waals surface area (Å²) in [5.41, 5.74) is 0.649. The van der Waals surface area contributed by atoms with Crippen LogP contribution >= 0.6 is 24.0 Å². The van der Waals surface area contributed by atoms with Crippen LogP contribution in [0, 0.1) is 0 Å². The van der Waals surface area contributed by atoms with E-state index < -0.39 is 18.4 Å². The molecule has 0 aliphatic carbocycles. The molecule has 0 radical (unpaired) electrons. The normalized spacial score (nSPS) is 17.3. The summed E-state index contributed by atoms with van der Waals surface area (Å²) in [6, 6.07) is 6.40. The minimum absolute atomic E-state index is 0.0924. The number of hydrogen-bond donors (Lipinski definition) is 2. The van der Waals surface area contributed by atoms with Gasteiger partial charge >= 0.3 is 5.97 Å². The molecule has 19 heavy (non-hydrogen) atoms. The number of thiocarbonyl (C=S) groups is 1. The number of amides is 1. The fourth-order valence-electron chi connectivity index (χ4n) is 1.54. The lowest BCUT2D eigenvalue weighted by atomic mass is 10.2. The number of nitrogens with zero attached hydrogens (tertiary/aromatic N) is 1. The molecule has 0 unspecified atom stereocenters. The van der Waals surface area contributed by atoms with Crippen LogP contribution in [0.15, 0.2) is 29.2 Å². The van der Waals surface area contributed by atoms with Crippen LogP contribution in [-0.2, 0) is 9.59 Å². The minimum Gasteiger partial charge on any atom is -0.508 e. The molecule has 7 heteroatoms. The van der Waals surface area contributed by atoms with Crippen LogP contribution in [0.4, 0.5) is 0 Å². The van der Waals surface area contributed by atoms with E-state index in [1.165, 1.54) is 12.1 Å². The smallest absolute Gasteiger partial charge is 0.323 e. The predicted octanol–water partition coefficient (Wildman–Crippen LogP) is 1.68. The topological polar surface area (TPSA) is 77.8 Å². The molecule has 0 saturated carbocycles. The predicted molar refractivity (Wildman–Crippen MR) is 75.6 cm³/mol. The summed E-state index contributed by atoms with van der Waals surface area (Å²) < 4.78 is 0.221. The Morgan fingerprint density at radius 1 is 1.47 bits per heavy atom. The van der Waals surface area contributed by atoms with E-state index in [1.807, 2.05) is 0 Å². The number of carbonyl (C=O) groups is 2. The molecular weight excluding hydrogens is 286 g/mol. The molecule has 0 atom stereocenters. The molecule has 1 fully saturated rings. The highest BCUT2D eigenvalue weighted by atomic mass is 32.2. The second kappa shape index (κ2) is 5.41. The van der Waals surface area contributed by atoms with Crippen molar-refractivity contribution in [1.29, 1.82) is 0 Å². The van der Waals surface area contributed by atoms with Gasteiger partial charge in [-0.25, -0.2) is 0 Å². The lowest BCUT2D eigenvalue weighted by Crippen LogP contribution is -2.33. The fourth-order valence-corrected chi connectivity index (χ4v) is 2.79. The van der Waals surface area contributed by atoms with E-state index in [-0.39, 0.29) is 10.1 Å². The molecule has 1 aromatic carbocycles. The van der Waals surface area contributed by atoms with Gasteiger partial charge in [-0.3, -0.25) is 14.5 Å². The van der Waals surface area contributed by atoms with E-state index in [0.29, 0.717) is 10.5 Å². The molecule has 1 amide bonds. The molecule has 0 bridgehead atoms. The molecule has 0 spiro atoms. The lowest BCUT2D eigenvalue weighted by Gasteiger charge is -2.10. The maximum absolute atomic E-state index is 12.0. The van der Waals surface area contributed by atoms with Gasteiger partial charge in [0.15, 0.2) is 0 Å². The molecule has 5 nitrogen and oxygen atoms in total. The molecule has 1 saturated heterocycles. The third kappa shape index (κ3) is 3.12. The second-order valence-corrected chi connectivity index (χ2v) is 5.43. The van der Waals surface area contributed by atoms with Crippen molar-refractivity contribution in [2.75, 3.05) is 6.54 Å². The van der Waals surface area contributed by atoms with Crippen molar-refractivity contribution in [2.45, 2.75) is 0 Å². The summed E-state index contributed by atoms with van der Waals surface area (Å²) >= 11 is 6.02. The van der Waals surface area contributed by atoms with Gasteiger partial charge < -0.3 is 10.2 Å². The maximum Gasteiger partial charge on any atom is 0.323 e. The fraction of sp³-hybridized carbons (Fsp3) is 0.0833. The molecule has 2 N–H and O–H groups in total. The zero-order chi connectivity index (χ0) is 14.0. The van der Waals surface area contributed by atoms with Gasteiger partial charge in [0.2, 0.25) is 0 Å². The number of phenolic OH excluding ortho intramolecular Hbond substituents is 1. The Kier molecular flexibility index (Phi) is 3.87. The SMILES string of the molecule is O=C(O)CN1C(=O)/C(=C\c2cccc(O)c2)SC1=S. The van der Waals surface area contributed by atoms with Crippen LogP contribution in [0.1, 0.15) is 5.56 Å². The van der Waals surface area contributed by atoms with Crippen molar-refractivity contribution in [3.8, 4) is 5.75 Å². The van der Waals surface area contributed by atoms with E-state index in [1.54, 1.807) is 18.2 Å². The molecule has 1 aromatic rings. The Hall–Kier alpha value is -1.86. The van der Waals surface area contributed by atoms with E-state index in [9.17, 15) is 14.7 Å². The molecular formula is C12H9NO4S2. The Labute approximate surface area is 118 Å². The van der Waals surface area contributed by atoms with Crippen LogP contribution in [0.3, 0.4) is 0 Å². The molecule has 98 valence electrons. The van der Waals surface area contributed by atoms with Gasteiger partial charge in [-0.05, 0) is 23.8 Å². The Balaban J connectivity index is 2.25. The number of carboxylic acid groups (broad SMARTS) is 1. The number of phenols is 1. The van der Waals surface area contributed by atoms with E-state index in [4.69, 9.17) is 17.3 Å². The van der Waals surface area contributed by atoms with Gasteiger partial charge in [-0.1, -0.05) is 36.1 Å². The second-order valence-electron chi connectivity index (χ2n) is 3.76. The maximum atomic E-state index is 12.0. The summed E-state index contributed by atoms with van der Waals surface area (Å²) in [6.45, 7) is -0.442. The van der Waals surface area contributed by atoms with Crippen molar-refractivity contribution in [3.05, 3.63) is 34.7 Å². The van der Waals surface area contributed by atoms with Gasteiger partial charge in [0.05, 0.1) is 4.91 Å². The van der Waals surface area contributed by atoms with Crippen molar-refractivity contribution in [2.24, 2.45) is 0 Å². The number of benzene rings is 1. The highest BCUT2D eigenvalue weighted by molar-refractivity contribution is 8.26. The number of aromatic hydroxyl groups is 1. The van der Waals surface area contributed by atoms with Crippen molar-refractivity contribution >= 4 is 46.3 Å².